The zero-order chi connectivity index (χ0) is 12.7. The van der Waals surface area contributed by atoms with Gasteiger partial charge in [-0.3, -0.25) is 0 Å². The number of nitrogens with one attached hydrogen (secondary N) is 1. The fraction of sp³-hybridized carbons (Fsp3) is 0.600. The van der Waals surface area contributed by atoms with Gasteiger partial charge in [0.15, 0.2) is 0 Å². The van der Waals surface area contributed by atoms with Crippen molar-refractivity contribution in [2.24, 2.45) is 0 Å². The predicted octanol–water partition coefficient (Wildman–Crippen LogP) is 3.10. The summed E-state index contributed by atoms with van der Waals surface area (Å²) in [5.74, 6) is 0. The summed E-state index contributed by atoms with van der Waals surface area (Å²) >= 11 is 0. The van der Waals surface area contributed by atoms with Crippen LogP contribution in [-0.4, -0.2) is 31.6 Å². The van der Waals surface area contributed by atoms with Gasteiger partial charge in [0.05, 0.1) is 0 Å². The second-order valence-electron chi connectivity index (χ2n) is 4.48. The van der Waals surface area contributed by atoms with Crippen LogP contribution in [0.1, 0.15) is 33.1 Å². The summed E-state index contributed by atoms with van der Waals surface area (Å²) in [5.41, 5.74) is 4.19. The minimum atomic E-state index is 1.02. The topological polar surface area (TPSA) is 15.3 Å². The maximum atomic E-state index is 4.17. The van der Waals surface area contributed by atoms with Crippen LogP contribution < -0.4 is 5.32 Å². The first-order valence-electron chi connectivity index (χ1n) is 6.70. The molecule has 1 aliphatic carbocycles. The van der Waals surface area contributed by atoms with Crippen LogP contribution in [0.4, 0.5) is 0 Å². The molecule has 0 aliphatic heterocycles. The Morgan fingerprint density at radius 3 is 2.47 bits per heavy atom. The molecule has 2 heteroatoms. The Labute approximate surface area is 106 Å². The first-order chi connectivity index (χ1) is 8.22. The molecule has 0 spiro atoms. The number of hydrogen-bond donors (Lipinski definition) is 1. The molecule has 0 aromatic rings. The van der Waals surface area contributed by atoms with Crippen LogP contribution >= 0.6 is 0 Å². The summed E-state index contributed by atoms with van der Waals surface area (Å²) in [4.78, 5) is 2.43. The Balaban J connectivity index is 2.60. The minimum absolute atomic E-state index is 1.02. The van der Waals surface area contributed by atoms with Crippen LogP contribution in [0, 0.1) is 0 Å². The van der Waals surface area contributed by atoms with E-state index >= 15 is 0 Å². The van der Waals surface area contributed by atoms with E-state index in [0.717, 1.165) is 38.9 Å². The fourth-order valence-corrected chi connectivity index (χ4v) is 2.25. The smallest absolute Gasteiger partial charge is 0.0146 e. The van der Waals surface area contributed by atoms with Gasteiger partial charge in [0.1, 0.15) is 0 Å². The van der Waals surface area contributed by atoms with Gasteiger partial charge in [-0.15, -0.1) is 0 Å². The second kappa shape index (κ2) is 7.33. The molecule has 96 valence electrons. The Morgan fingerprint density at radius 1 is 1.29 bits per heavy atom. The lowest BCUT2D eigenvalue weighted by atomic mass is 9.94. The monoisotopic (exact) mass is 234 g/mol. The van der Waals surface area contributed by atoms with Gasteiger partial charge < -0.3 is 10.2 Å². The molecule has 0 atom stereocenters. The van der Waals surface area contributed by atoms with Crippen LogP contribution in [-0.2, 0) is 0 Å². The highest BCUT2D eigenvalue weighted by atomic mass is 15.1. The highest BCUT2D eigenvalue weighted by Crippen LogP contribution is 2.26. The molecule has 0 amide bonds. The number of allylic oxidation sites excluding steroid dienone is 4. The first kappa shape index (κ1) is 14.0. The molecule has 0 fully saturated rings. The minimum Gasteiger partial charge on any atom is -0.375 e. The van der Waals surface area contributed by atoms with Crippen molar-refractivity contribution in [3.05, 3.63) is 35.6 Å². The Morgan fingerprint density at radius 2 is 2.00 bits per heavy atom. The summed E-state index contributed by atoms with van der Waals surface area (Å²) in [5, 5.41) is 3.17. The van der Waals surface area contributed by atoms with E-state index in [-0.39, 0.29) is 0 Å². The van der Waals surface area contributed by atoms with E-state index in [1.165, 1.54) is 16.8 Å². The molecule has 0 aromatic heterocycles. The molecule has 17 heavy (non-hydrogen) atoms. The second-order valence-corrected chi connectivity index (χ2v) is 4.48. The van der Waals surface area contributed by atoms with E-state index in [0.29, 0.717) is 0 Å². The summed E-state index contributed by atoms with van der Waals surface area (Å²) in [7, 11) is 1.99. The Hall–Kier alpha value is -1.02. The van der Waals surface area contributed by atoms with E-state index < -0.39 is 0 Å². The molecular formula is C15H26N2. The molecule has 0 bridgehead atoms. The highest BCUT2D eigenvalue weighted by molar-refractivity contribution is 5.36. The van der Waals surface area contributed by atoms with Crippen LogP contribution in [0.15, 0.2) is 35.6 Å². The molecule has 2 nitrogen and oxygen atoms in total. The van der Waals surface area contributed by atoms with E-state index in [1.807, 2.05) is 7.05 Å². The molecule has 1 aliphatic rings. The van der Waals surface area contributed by atoms with Gasteiger partial charge in [-0.2, -0.15) is 0 Å². The third kappa shape index (κ3) is 4.04. The highest BCUT2D eigenvalue weighted by Gasteiger charge is 2.12. The van der Waals surface area contributed by atoms with Gasteiger partial charge >= 0.3 is 0 Å². The number of hydrogen-bond acceptors (Lipinski definition) is 2. The van der Waals surface area contributed by atoms with Crippen molar-refractivity contribution < 1.29 is 0 Å². The summed E-state index contributed by atoms with van der Waals surface area (Å²) in [6.45, 7) is 11.8. The zero-order valence-electron chi connectivity index (χ0n) is 11.6. The molecule has 1 rings (SSSR count). The molecule has 0 heterocycles. The van der Waals surface area contributed by atoms with Crippen molar-refractivity contribution in [1.29, 1.82) is 0 Å². The van der Waals surface area contributed by atoms with Crippen molar-refractivity contribution in [2.75, 3.05) is 26.7 Å². The van der Waals surface area contributed by atoms with Gasteiger partial charge in [-0.25, -0.2) is 0 Å². The SMILES string of the molecule is C=C(CCNC)C1=CC=C(N(CC)CC)CC1. The zero-order valence-corrected chi connectivity index (χ0v) is 11.6. The fourth-order valence-electron chi connectivity index (χ4n) is 2.25. The van der Waals surface area contributed by atoms with Crippen LogP contribution in [0.2, 0.25) is 0 Å². The van der Waals surface area contributed by atoms with Crippen LogP contribution in [0.5, 0.6) is 0 Å². The van der Waals surface area contributed by atoms with E-state index in [4.69, 9.17) is 0 Å². The predicted molar refractivity (Wildman–Crippen MR) is 76.0 cm³/mol. The van der Waals surface area contributed by atoms with E-state index in [1.54, 1.807) is 0 Å². The van der Waals surface area contributed by atoms with Gasteiger partial charge in [-0.1, -0.05) is 18.2 Å². The molecule has 0 unspecified atom stereocenters. The molecule has 0 radical (unpaired) electrons. The molecular weight excluding hydrogens is 208 g/mol. The van der Waals surface area contributed by atoms with Gasteiger partial charge in [0, 0.05) is 18.8 Å². The molecule has 0 aromatic carbocycles. The van der Waals surface area contributed by atoms with Crippen molar-refractivity contribution in [2.45, 2.75) is 33.1 Å². The average Bonchev–Trinajstić information content (AvgIpc) is 2.38. The van der Waals surface area contributed by atoms with E-state index in [2.05, 4.69) is 42.8 Å². The summed E-state index contributed by atoms with van der Waals surface area (Å²) in [6, 6.07) is 0. The van der Waals surface area contributed by atoms with Gasteiger partial charge in [0.2, 0.25) is 0 Å². The number of nitrogens with zero attached hydrogens (tertiary/aromatic N) is 1. The maximum Gasteiger partial charge on any atom is 0.0146 e. The normalized spacial score (nSPS) is 15.2. The largest absolute Gasteiger partial charge is 0.375 e. The van der Waals surface area contributed by atoms with Crippen molar-refractivity contribution in [1.82, 2.24) is 10.2 Å². The lowest BCUT2D eigenvalue weighted by Gasteiger charge is -2.27. The third-order valence-electron chi connectivity index (χ3n) is 3.43. The molecule has 0 saturated heterocycles. The van der Waals surface area contributed by atoms with Crippen LogP contribution in [0.25, 0.3) is 0 Å². The van der Waals surface area contributed by atoms with Crippen molar-refractivity contribution in [3.8, 4) is 0 Å². The van der Waals surface area contributed by atoms with Crippen molar-refractivity contribution >= 4 is 0 Å². The Bertz CT molecular complexity index is 309. The third-order valence-corrected chi connectivity index (χ3v) is 3.43. The average molecular weight is 234 g/mol. The lowest BCUT2D eigenvalue weighted by Crippen LogP contribution is -2.23. The van der Waals surface area contributed by atoms with Crippen LogP contribution in [0.3, 0.4) is 0 Å². The number of rotatable bonds is 7. The Kier molecular flexibility index (Phi) is 6.06. The maximum absolute atomic E-state index is 4.17. The summed E-state index contributed by atoms with van der Waals surface area (Å²) < 4.78 is 0. The van der Waals surface area contributed by atoms with Gasteiger partial charge in [0.25, 0.3) is 0 Å². The molecule has 0 saturated carbocycles. The van der Waals surface area contributed by atoms with Gasteiger partial charge in [-0.05, 0) is 58.4 Å². The quantitative estimate of drug-likeness (QED) is 0.728. The van der Waals surface area contributed by atoms with Crippen molar-refractivity contribution in [3.63, 3.8) is 0 Å². The lowest BCUT2D eigenvalue weighted by molar-refractivity contribution is 0.366. The summed E-state index contributed by atoms with van der Waals surface area (Å²) in [6.07, 6.45) is 7.89. The standard InChI is InChI=1S/C15H26N2/c1-5-17(6-2)15-9-7-14(8-10-15)13(3)11-12-16-4/h7,9,16H,3,5-6,8,10-12H2,1-2,4H3. The van der Waals surface area contributed by atoms with E-state index in [9.17, 15) is 0 Å². The molecule has 1 N–H and O–H groups in total. The first-order valence-corrected chi connectivity index (χ1v) is 6.70.